The minimum absolute atomic E-state index is 0.0441. The number of benzene rings is 2. The number of imide groups is 1. The second-order valence-corrected chi connectivity index (χ2v) is 7.84. The van der Waals surface area contributed by atoms with E-state index in [4.69, 9.17) is 11.6 Å². The predicted molar refractivity (Wildman–Crippen MR) is 105 cm³/mol. The Balaban J connectivity index is 1.58. The summed E-state index contributed by atoms with van der Waals surface area (Å²) in [5.74, 6) is -0.813. The molecule has 2 aromatic carbocycles. The fraction of sp³-hybridized carbons (Fsp3) is 0.150. The number of nitrogens with zero attached hydrogens (tertiary/aromatic N) is 2. The van der Waals surface area contributed by atoms with Gasteiger partial charge in [0.1, 0.15) is 16.4 Å². The Kier molecular flexibility index (Phi) is 4.64. The molecule has 0 spiro atoms. The highest BCUT2D eigenvalue weighted by Gasteiger charge is 2.49. The molecule has 0 aliphatic carbocycles. The zero-order chi connectivity index (χ0) is 19.9. The maximum absolute atomic E-state index is 13.2. The molecule has 1 fully saturated rings. The second-order valence-electron chi connectivity index (χ2n) is 6.58. The standard InChI is InChI=1S/C20H15ClFN3O2S/c1-20(12-6-8-13(22)9-7-12)18(26)25(19(27)24-20)10-14-11-28-17(23-14)15-4-2-3-5-16(15)21/h2-9,11H,10H2,1H3,(H,24,27)/t20-/m1/s1. The molecule has 0 bridgehead atoms. The van der Waals surface area contributed by atoms with Crippen LogP contribution in [0, 0.1) is 5.82 Å². The molecular weight excluding hydrogens is 401 g/mol. The molecule has 1 aromatic heterocycles. The Labute approximate surface area is 169 Å². The average molecular weight is 416 g/mol. The van der Waals surface area contributed by atoms with Crippen molar-refractivity contribution in [3.63, 3.8) is 0 Å². The highest BCUT2D eigenvalue weighted by atomic mass is 35.5. The van der Waals surface area contributed by atoms with Crippen LogP contribution in [0.15, 0.2) is 53.9 Å². The number of halogens is 2. The van der Waals surface area contributed by atoms with Crippen molar-refractivity contribution in [1.29, 1.82) is 0 Å². The number of aromatic nitrogens is 1. The number of urea groups is 1. The van der Waals surface area contributed by atoms with Gasteiger partial charge in [-0.15, -0.1) is 11.3 Å². The first-order valence-electron chi connectivity index (χ1n) is 8.48. The Morgan fingerprint density at radius 1 is 1.18 bits per heavy atom. The van der Waals surface area contributed by atoms with Crippen LogP contribution in [-0.2, 0) is 16.9 Å². The first-order chi connectivity index (χ1) is 13.4. The fourth-order valence-corrected chi connectivity index (χ4v) is 4.25. The number of carbonyl (C=O) groups is 2. The first kappa shape index (κ1) is 18.6. The quantitative estimate of drug-likeness (QED) is 0.635. The van der Waals surface area contributed by atoms with Crippen LogP contribution in [0.3, 0.4) is 0 Å². The average Bonchev–Trinajstić information content (AvgIpc) is 3.22. The number of hydrogen-bond acceptors (Lipinski definition) is 4. The Morgan fingerprint density at radius 2 is 1.89 bits per heavy atom. The smallest absolute Gasteiger partial charge is 0.319 e. The summed E-state index contributed by atoms with van der Waals surface area (Å²) in [5.41, 5.74) is 0.664. The lowest BCUT2D eigenvalue weighted by atomic mass is 9.92. The third-order valence-electron chi connectivity index (χ3n) is 4.67. The number of rotatable bonds is 4. The number of amides is 3. The predicted octanol–water partition coefficient (Wildman–Crippen LogP) is 4.57. The minimum Gasteiger partial charge on any atom is -0.319 e. The number of hydrogen-bond donors (Lipinski definition) is 1. The molecule has 28 heavy (non-hydrogen) atoms. The van der Waals surface area contributed by atoms with Gasteiger partial charge in [-0.2, -0.15) is 0 Å². The molecule has 142 valence electrons. The zero-order valence-electron chi connectivity index (χ0n) is 14.8. The van der Waals surface area contributed by atoms with Crippen molar-refractivity contribution >= 4 is 34.9 Å². The summed E-state index contributed by atoms with van der Waals surface area (Å²) in [6, 6.07) is 12.4. The maximum atomic E-state index is 13.2. The van der Waals surface area contributed by atoms with Gasteiger partial charge >= 0.3 is 6.03 Å². The summed E-state index contributed by atoms with van der Waals surface area (Å²) < 4.78 is 13.2. The molecule has 2 heterocycles. The van der Waals surface area contributed by atoms with Crippen molar-refractivity contribution < 1.29 is 14.0 Å². The van der Waals surface area contributed by atoms with E-state index in [1.54, 1.807) is 18.4 Å². The summed E-state index contributed by atoms with van der Waals surface area (Å²) in [6.45, 7) is 1.65. The highest BCUT2D eigenvalue weighted by Crippen LogP contribution is 2.32. The lowest BCUT2D eigenvalue weighted by molar-refractivity contribution is -0.131. The number of thiazole rings is 1. The summed E-state index contributed by atoms with van der Waals surface area (Å²) in [5, 5.41) is 5.80. The van der Waals surface area contributed by atoms with Crippen molar-refractivity contribution in [3.8, 4) is 10.6 Å². The molecule has 0 unspecified atom stereocenters. The Morgan fingerprint density at radius 3 is 2.61 bits per heavy atom. The van der Waals surface area contributed by atoms with Crippen LogP contribution in [0.4, 0.5) is 9.18 Å². The van der Waals surface area contributed by atoms with Gasteiger partial charge < -0.3 is 5.32 Å². The summed E-state index contributed by atoms with van der Waals surface area (Å²) in [4.78, 5) is 31.0. The van der Waals surface area contributed by atoms with Crippen LogP contribution >= 0.6 is 22.9 Å². The van der Waals surface area contributed by atoms with E-state index in [9.17, 15) is 14.0 Å². The molecule has 5 nitrogen and oxygen atoms in total. The summed E-state index contributed by atoms with van der Waals surface area (Å²) in [6.07, 6.45) is 0. The zero-order valence-corrected chi connectivity index (χ0v) is 16.4. The van der Waals surface area contributed by atoms with Crippen molar-refractivity contribution in [1.82, 2.24) is 15.2 Å². The Hall–Kier alpha value is -2.77. The van der Waals surface area contributed by atoms with E-state index in [-0.39, 0.29) is 6.54 Å². The molecule has 1 aliphatic rings. The maximum Gasteiger partial charge on any atom is 0.325 e. The second kappa shape index (κ2) is 7.00. The van der Waals surface area contributed by atoms with E-state index in [0.717, 1.165) is 10.5 Å². The van der Waals surface area contributed by atoms with Crippen molar-refractivity contribution in [2.24, 2.45) is 0 Å². The molecule has 8 heteroatoms. The van der Waals surface area contributed by atoms with Crippen LogP contribution in [-0.4, -0.2) is 21.8 Å². The molecule has 1 saturated heterocycles. The van der Waals surface area contributed by atoms with Crippen LogP contribution in [0.25, 0.3) is 10.6 Å². The topological polar surface area (TPSA) is 62.3 Å². The van der Waals surface area contributed by atoms with Gasteiger partial charge in [0.2, 0.25) is 0 Å². The summed E-state index contributed by atoms with van der Waals surface area (Å²) in [7, 11) is 0. The van der Waals surface area contributed by atoms with Crippen molar-refractivity contribution in [2.45, 2.75) is 19.0 Å². The molecule has 4 rings (SSSR count). The van der Waals surface area contributed by atoms with E-state index < -0.39 is 23.3 Å². The number of carbonyl (C=O) groups excluding carboxylic acids is 2. The van der Waals surface area contributed by atoms with Crippen molar-refractivity contribution in [3.05, 3.63) is 76.0 Å². The van der Waals surface area contributed by atoms with Gasteiger partial charge in [-0.3, -0.25) is 9.69 Å². The molecular formula is C20H15ClFN3O2S. The number of nitrogens with one attached hydrogen (secondary N) is 1. The molecule has 0 radical (unpaired) electrons. The van der Waals surface area contributed by atoms with Crippen LogP contribution < -0.4 is 5.32 Å². The van der Waals surface area contributed by atoms with Gasteiger partial charge in [-0.1, -0.05) is 41.9 Å². The van der Waals surface area contributed by atoms with Gasteiger partial charge in [0.05, 0.1) is 17.3 Å². The first-order valence-corrected chi connectivity index (χ1v) is 9.74. The third-order valence-corrected chi connectivity index (χ3v) is 5.93. The Bertz CT molecular complexity index is 1070. The molecule has 3 aromatic rings. The molecule has 3 amide bonds. The third kappa shape index (κ3) is 3.16. The lowest BCUT2D eigenvalue weighted by Crippen LogP contribution is -2.40. The van der Waals surface area contributed by atoms with Gasteiger partial charge in [0.15, 0.2) is 0 Å². The monoisotopic (exact) mass is 415 g/mol. The van der Waals surface area contributed by atoms with E-state index in [0.29, 0.717) is 21.3 Å². The molecule has 1 aliphatic heterocycles. The van der Waals surface area contributed by atoms with Gasteiger partial charge in [-0.25, -0.2) is 14.2 Å². The van der Waals surface area contributed by atoms with Crippen molar-refractivity contribution in [2.75, 3.05) is 0 Å². The van der Waals surface area contributed by atoms with E-state index in [1.807, 2.05) is 18.2 Å². The van der Waals surface area contributed by atoms with Crippen LogP contribution in [0.2, 0.25) is 5.02 Å². The van der Waals surface area contributed by atoms with Crippen LogP contribution in [0.5, 0.6) is 0 Å². The van der Waals surface area contributed by atoms with Gasteiger partial charge in [0, 0.05) is 10.9 Å². The minimum atomic E-state index is -1.24. The van der Waals surface area contributed by atoms with E-state index in [2.05, 4.69) is 10.3 Å². The SMILES string of the molecule is C[C@]1(c2ccc(F)cc2)NC(=O)N(Cc2csc(-c3ccccc3Cl)n2)C1=O. The van der Waals surface area contributed by atoms with Crippen LogP contribution in [0.1, 0.15) is 18.2 Å². The lowest BCUT2D eigenvalue weighted by Gasteiger charge is -2.22. The largest absolute Gasteiger partial charge is 0.325 e. The molecule has 0 saturated carbocycles. The normalized spacial score (nSPS) is 19.2. The van der Waals surface area contributed by atoms with Gasteiger partial charge in [0.25, 0.3) is 5.91 Å². The van der Waals surface area contributed by atoms with E-state index >= 15 is 0 Å². The van der Waals surface area contributed by atoms with E-state index in [1.165, 1.54) is 35.6 Å². The molecule has 1 N–H and O–H groups in total. The summed E-state index contributed by atoms with van der Waals surface area (Å²) >= 11 is 7.61. The fourth-order valence-electron chi connectivity index (χ4n) is 3.12. The highest BCUT2D eigenvalue weighted by molar-refractivity contribution is 7.13. The molecule has 1 atom stereocenters. The van der Waals surface area contributed by atoms with Gasteiger partial charge in [-0.05, 0) is 30.7 Å².